The number of hydrogen-bond donors (Lipinski definition) is 1. The third kappa shape index (κ3) is 5.75. The largest absolute Gasteiger partial charge is 0.332 e. The molecule has 0 spiro atoms. The molecule has 0 fully saturated rings. The number of sulfonamides is 1. The third-order valence-electron chi connectivity index (χ3n) is 5.05. The van der Waals surface area contributed by atoms with Gasteiger partial charge in [0.2, 0.25) is 5.91 Å². The van der Waals surface area contributed by atoms with Gasteiger partial charge in [0.15, 0.2) is 0 Å². The average Bonchev–Trinajstić information content (AvgIpc) is 2.78. The maximum absolute atomic E-state index is 13.1. The molecule has 3 aromatic rings. The van der Waals surface area contributed by atoms with Crippen LogP contribution in [0, 0.1) is 13.8 Å². The van der Waals surface area contributed by atoms with E-state index in [1.165, 1.54) is 47.6 Å². The van der Waals surface area contributed by atoms with E-state index < -0.39 is 21.8 Å². The van der Waals surface area contributed by atoms with Crippen molar-refractivity contribution in [3.8, 4) is 0 Å². The molecule has 0 aliphatic carbocycles. The van der Waals surface area contributed by atoms with E-state index in [1.807, 2.05) is 32.0 Å². The highest BCUT2D eigenvalue weighted by atomic mass is 32.2. The summed E-state index contributed by atoms with van der Waals surface area (Å²) in [6.07, 6.45) is 1.58. The minimum atomic E-state index is -3.88. The molecular formula is C24H26N4O4S. The van der Waals surface area contributed by atoms with Crippen molar-refractivity contribution in [1.29, 1.82) is 0 Å². The first kappa shape index (κ1) is 23.9. The molecule has 0 unspecified atom stereocenters. The second kappa shape index (κ2) is 9.83. The number of nitrogens with one attached hydrogen (secondary N) is 1. The monoisotopic (exact) mass is 466 g/mol. The first-order chi connectivity index (χ1) is 15.6. The van der Waals surface area contributed by atoms with Gasteiger partial charge in [0, 0.05) is 25.9 Å². The van der Waals surface area contributed by atoms with E-state index in [0.29, 0.717) is 11.5 Å². The molecule has 0 saturated heterocycles. The SMILES string of the molecule is Cc1ccc(N(C)S(=O)(=O)c2cccc(C(=O)N(C)CC(=O)Nc3cc(C)ccn3)c2)cc1. The number of aromatic nitrogens is 1. The summed E-state index contributed by atoms with van der Waals surface area (Å²) in [5.74, 6) is -0.489. The summed E-state index contributed by atoms with van der Waals surface area (Å²) in [6.45, 7) is 3.58. The van der Waals surface area contributed by atoms with Gasteiger partial charge >= 0.3 is 0 Å². The van der Waals surface area contributed by atoms with Gasteiger partial charge in [-0.05, 0) is 61.9 Å². The van der Waals surface area contributed by atoms with Crippen LogP contribution in [0.1, 0.15) is 21.5 Å². The maximum atomic E-state index is 13.1. The van der Waals surface area contributed by atoms with Gasteiger partial charge in [-0.3, -0.25) is 13.9 Å². The lowest BCUT2D eigenvalue weighted by atomic mass is 10.2. The normalized spacial score (nSPS) is 11.0. The fourth-order valence-electron chi connectivity index (χ4n) is 3.14. The molecule has 0 aliphatic rings. The lowest BCUT2D eigenvalue weighted by Gasteiger charge is -2.21. The number of aryl methyl sites for hydroxylation is 2. The number of rotatable bonds is 7. The van der Waals surface area contributed by atoms with Gasteiger partial charge in [0.25, 0.3) is 15.9 Å². The lowest BCUT2D eigenvalue weighted by Crippen LogP contribution is -2.35. The lowest BCUT2D eigenvalue weighted by molar-refractivity contribution is -0.116. The number of nitrogens with zero attached hydrogens (tertiary/aromatic N) is 3. The fourth-order valence-corrected chi connectivity index (χ4v) is 4.38. The van der Waals surface area contributed by atoms with Crippen LogP contribution < -0.4 is 9.62 Å². The number of anilines is 2. The highest BCUT2D eigenvalue weighted by molar-refractivity contribution is 7.92. The Kier molecular flexibility index (Phi) is 7.13. The van der Waals surface area contributed by atoms with Gasteiger partial charge in [-0.25, -0.2) is 13.4 Å². The minimum Gasteiger partial charge on any atom is -0.332 e. The van der Waals surface area contributed by atoms with Gasteiger partial charge in [-0.2, -0.15) is 0 Å². The van der Waals surface area contributed by atoms with E-state index in [-0.39, 0.29) is 17.0 Å². The van der Waals surface area contributed by atoms with Crippen LogP contribution in [-0.2, 0) is 14.8 Å². The van der Waals surface area contributed by atoms with Crippen LogP contribution in [0.15, 0.2) is 71.8 Å². The number of amides is 2. The Hall–Kier alpha value is -3.72. The predicted octanol–water partition coefficient (Wildman–Crippen LogP) is 3.23. The van der Waals surface area contributed by atoms with Crippen LogP contribution in [0.5, 0.6) is 0 Å². The molecular weight excluding hydrogens is 440 g/mol. The van der Waals surface area contributed by atoms with Gasteiger partial charge in [0.05, 0.1) is 17.1 Å². The highest BCUT2D eigenvalue weighted by Gasteiger charge is 2.23. The van der Waals surface area contributed by atoms with Crippen LogP contribution in [0.25, 0.3) is 0 Å². The molecule has 0 atom stereocenters. The number of hydrogen-bond acceptors (Lipinski definition) is 5. The van der Waals surface area contributed by atoms with E-state index in [2.05, 4.69) is 10.3 Å². The van der Waals surface area contributed by atoms with Crippen molar-refractivity contribution >= 4 is 33.3 Å². The number of carbonyl (C=O) groups excluding carboxylic acids is 2. The average molecular weight is 467 g/mol. The third-order valence-corrected chi connectivity index (χ3v) is 6.83. The molecule has 0 saturated carbocycles. The van der Waals surface area contributed by atoms with E-state index in [4.69, 9.17) is 0 Å². The molecule has 1 aromatic heterocycles. The summed E-state index contributed by atoms with van der Waals surface area (Å²) in [6, 6.07) is 16.4. The molecule has 0 radical (unpaired) electrons. The molecule has 172 valence electrons. The zero-order chi connectivity index (χ0) is 24.2. The topological polar surface area (TPSA) is 99.7 Å². The molecule has 0 aliphatic heterocycles. The molecule has 1 heterocycles. The number of carbonyl (C=O) groups is 2. The Morgan fingerprint density at radius 3 is 2.30 bits per heavy atom. The Balaban J connectivity index is 1.74. The van der Waals surface area contributed by atoms with E-state index >= 15 is 0 Å². The van der Waals surface area contributed by atoms with Gasteiger partial charge < -0.3 is 10.2 Å². The number of likely N-dealkylation sites (N-methyl/N-ethyl adjacent to an activating group) is 1. The molecule has 0 bridgehead atoms. The Morgan fingerprint density at radius 1 is 0.939 bits per heavy atom. The molecule has 2 amide bonds. The smallest absolute Gasteiger partial charge is 0.264 e. The summed E-state index contributed by atoms with van der Waals surface area (Å²) in [7, 11) is -0.939. The van der Waals surface area contributed by atoms with Crippen molar-refractivity contribution in [1.82, 2.24) is 9.88 Å². The molecule has 9 heteroatoms. The van der Waals surface area contributed by atoms with Gasteiger partial charge in [-0.15, -0.1) is 0 Å². The second-order valence-electron chi connectivity index (χ2n) is 7.76. The van der Waals surface area contributed by atoms with Crippen molar-refractivity contribution in [3.05, 3.63) is 83.6 Å². The van der Waals surface area contributed by atoms with Crippen molar-refractivity contribution in [3.63, 3.8) is 0 Å². The first-order valence-electron chi connectivity index (χ1n) is 10.2. The zero-order valence-corrected chi connectivity index (χ0v) is 19.8. The maximum Gasteiger partial charge on any atom is 0.264 e. The van der Waals surface area contributed by atoms with E-state index in [0.717, 1.165) is 11.1 Å². The summed E-state index contributed by atoms with van der Waals surface area (Å²) in [5.41, 5.74) is 2.63. The van der Waals surface area contributed by atoms with Crippen molar-refractivity contribution in [2.24, 2.45) is 0 Å². The minimum absolute atomic E-state index is 0.0155. The van der Waals surface area contributed by atoms with Gasteiger partial charge in [-0.1, -0.05) is 23.8 Å². The van der Waals surface area contributed by atoms with Crippen molar-refractivity contribution < 1.29 is 18.0 Å². The van der Waals surface area contributed by atoms with Crippen molar-refractivity contribution in [2.45, 2.75) is 18.7 Å². The Labute approximate surface area is 193 Å². The van der Waals surface area contributed by atoms with Gasteiger partial charge in [0.1, 0.15) is 5.82 Å². The van der Waals surface area contributed by atoms with Crippen LogP contribution in [0.2, 0.25) is 0 Å². The van der Waals surface area contributed by atoms with E-state index in [1.54, 1.807) is 24.4 Å². The number of benzene rings is 2. The molecule has 3 rings (SSSR count). The fraction of sp³-hybridized carbons (Fsp3) is 0.208. The Morgan fingerprint density at radius 2 is 1.64 bits per heavy atom. The zero-order valence-electron chi connectivity index (χ0n) is 18.9. The molecule has 8 nitrogen and oxygen atoms in total. The van der Waals surface area contributed by atoms with Crippen LogP contribution in [0.3, 0.4) is 0 Å². The highest BCUT2D eigenvalue weighted by Crippen LogP contribution is 2.23. The molecule has 33 heavy (non-hydrogen) atoms. The van der Waals surface area contributed by atoms with Crippen LogP contribution >= 0.6 is 0 Å². The Bertz CT molecular complexity index is 1270. The quantitative estimate of drug-likeness (QED) is 0.576. The first-order valence-corrected chi connectivity index (χ1v) is 11.7. The summed E-state index contributed by atoms with van der Waals surface area (Å²) in [4.78, 5) is 30.5. The molecule has 2 aromatic carbocycles. The van der Waals surface area contributed by atoms with Crippen LogP contribution in [-0.4, -0.2) is 50.8 Å². The summed E-state index contributed by atoms with van der Waals surface area (Å²) >= 11 is 0. The predicted molar refractivity (Wildman–Crippen MR) is 128 cm³/mol. The van der Waals surface area contributed by atoms with Crippen molar-refractivity contribution in [2.75, 3.05) is 30.3 Å². The van der Waals surface area contributed by atoms with E-state index in [9.17, 15) is 18.0 Å². The standard InChI is InChI=1S/C24H26N4O4S/c1-17-8-10-20(11-9-17)28(4)33(31,32)21-7-5-6-19(15-21)24(30)27(3)16-23(29)26-22-14-18(2)12-13-25-22/h5-15H,16H2,1-4H3,(H,25,26,29). The van der Waals surface area contributed by atoms with Crippen LogP contribution in [0.4, 0.5) is 11.5 Å². The summed E-state index contributed by atoms with van der Waals surface area (Å²) in [5, 5.41) is 2.65. The summed E-state index contributed by atoms with van der Waals surface area (Å²) < 4.78 is 27.4. The number of pyridine rings is 1. The molecule has 1 N–H and O–H groups in total. The second-order valence-corrected chi connectivity index (χ2v) is 9.73.